The molecule has 8 heteroatoms. The van der Waals surface area contributed by atoms with Crippen LogP contribution in [-0.4, -0.2) is 56.9 Å². The Labute approximate surface area is 136 Å². The zero-order valence-electron chi connectivity index (χ0n) is 13.4. The molecule has 1 aromatic rings. The van der Waals surface area contributed by atoms with E-state index in [2.05, 4.69) is 33.8 Å². The fourth-order valence-electron chi connectivity index (χ4n) is 2.36. The number of aromatic nitrogens is 1. The lowest BCUT2D eigenvalue weighted by molar-refractivity contribution is -0.0339. The van der Waals surface area contributed by atoms with Crippen molar-refractivity contribution in [2.24, 2.45) is 0 Å². The molecule has 0 amide bonds. The van der Waals surface area contributed by atoms with E-state index in [9.17, 15) is 8.42 Å². The molecule has 0 saturated carbocycles. The van der Waals surface area contributed by atoms with Crippen LogP contribution in [0.2, 0.25) is 0 Å². The number of morpholine rings is 1. The molecule has 0 bridgehead atoms. The first-order valence-corrected chi connectivity index (χ1v) is 10.3. The maximum Gasteiger partial charge on any atom is 0.208 e. The Morgan fingerprint density at radius 3 is 2.95 bits per heavy atom. The molecule has 0 aromatic carbocycles. The minimum absolute atomic E-state index is 0.0764. The standard InChI is InChI=1S/C14H25N3O3S2/c1-11(2)13-10-21-14(16-13)9-17-6-7-20-12(8-17)4-5-15-22(3,18)19/h10-12,15H,4-9H2,1-3H3/t12-/m1/s1. The van der Waals surface area contributed by atoms with E-state index in [4.69, 9.17) is 4.74 Å². The van der Waals surface area contributed by atoms with Crippen molar-refractivity contribution in [3.05, 3.63) is 16.1 Å². The van der Waals surface area contributed by atoms with Crippen LogP contribution in [0.25, 0.3) is 0 Å². The van der Waals surface area contributed by atoms with Crippen molar-refractivity contribution in [1.82, 2.24) is 14.6 Å². The van der Waals surface area contributed by atoms with Crippen LogP contribution >= 0.6 is 11.3 Å². The molecule has 1 N–H and O–H groups in total. The van der Waals surface area contributed by atoms with Crippen molar-refractivity contribution in [2.75, 3.05) is 32.5 Å². The zero-order valence-corrected chi connectivity index (χ0v) is 15.0. The molecular weight excluding hydrogens is 322 g/mol. The van der Waals surface area contributed by atoms with Gasteiger partial charge in [-0.05, 0) is 12.3 Å². The molecule has 0 spiro atoms. The van der Waals surface area contributed by atoms with Gasteiger partial charge < -0.3 is 4.74 Å². The van der Waals surface area contributed by atoms with Gasteiger partial charge in [-0.25, -0.2) is 18.1 Å². The van der Waals surface area contributed by atoms with E-state index < -0.39 is 10.0 Å². The Kier molecular flexibility index (Phi) is 6.34. The number of ether oxygens (including phenoxy) is 1. The highest BCUT2D eigenvalue weighted by Gasteiger charge is 2.21. The van der Waals surface area contributed by atoms with Gasteiger partial charge in [0.2, 0.25) is 10.0 Å². The summed E-state index contributed by atoms with van der Waals surface area (Å²) in [6, 6.07) is 0. The van der Waals surface area contributed by atoms with Gasteiger partial charge in [0.25, 0.3) is 0 Å². The van der Waals surface area contributed by atoms with Gasteiger partial charge >= 0.3 is 0 Å². The number of hydrogen-bond acceptors (Lipinski definition) is 6. The Balaban J connectivity index is 1.79. The number of thiazole rings is 1. The summed E-state index contributed by atoms with van der Waals surface area (Å²) in [5.41, 5.74) is 1.15. The second kappa shape index (κ2) is 7.83. The summed E-state index contributed by atoms with van der Waals surface area (Å²) >= 11 is 1.71. The van der Waals surface area contributed by atoms with Crippen LogP contribution in [0.1, 0.15) is 36.9 Å². The summed E-state index contributed by atoms with van der Waals surface area (Å²) in [6.07, 6.45) is 1.95. The molecule has 0 aliphatic carbocycles. The normalized spacial score (nSPS) is 20.6. The average Bonchev–Trinajstić information content (AvgIpc) is 2.86. The molecule has 6 nitrogen and oxygen atoms in total. The van der Waals surface area contributed by atoms with Gasteiger partial charge in [-0.1, -0.05) is 13.8 Å². The molecule has 2 rings (SSSR count). The zero-order chi connectivity index (χ0) is 16.2. The number of sulfonamides is 1. The molecule has 0 radical (unpaired) electrons. The van der Waals surface area contributed by atoms with Crippen molar-refractivity contribution in [1.29, 1.82) is 0 Å². The Morgan fingerprint density at radius 2 is 2.32 bits per heavy atom. The van der Waals surface area contributed by atoms with Crippen LogP contribution in [-0.2, 0) is 21.3 Å². The third kappa shape index (κ3) is 5.92. The fraction of sp³-hybridized carbons (Fsp3) is 0.786. The lowest BCUT2D eigenvalue weighted by Gasteiger charge is -2.32. The molecule has 1 aromatic heterocycles. The first-order valence-electron chi connectivity index (χ1n) is 7.56. The van der Waals surface area contributed by atoms with Gasteiger partial charge in [0.1, 0.15) is 5.01 Å². The van der Waals surface area contributed by atoms with Crippen molar-refractivity contribution in [3.8, 4) is 0 Å². The third-order valence-electron chi connectivity index (χ3n) is 3.57. The quantitative estimate of drug-likeness (QED) is 0.807. The number of nitrogens with one attached hydrogen (secondary N) is 1. The smallest absolute Gasteiger partial charge is 0.208 e. The predicted molar refractivity (Wildman–Crippen MR) is 88.7 cm³/mol. The van der Waals surface area contributed by atoms with Crippen molar-refractivity contribution >= 4 is 21.4 Å². The Hall–Kier alpha value is -0.540. The van der Waals surface area contributed by atoms with Crippen LogP contribution in [0, 0.1) is 0 Å². The second-order valence-electron chi connectivity index (χ2n) is 6.00. The molecule has 1 saturated heterocycles. The van der Waals surface area contributed by atoms with Gasteiger partial charge in [-0.3, -0.25) is 4.90 Å². The summed E-state index contributed by atoms with van der Waals surface area (Å²) in [5, 5.41) is 3.27. The molecule has 1 aliphatic heterocycles. The predicted octanol–water partition coefficient (Wildman–Crippen LogP) is 1.41. The second-order valence-corrected chi connectivity index (χ2v) is 8.78. The van der Waals surface area contributed by atoms with Crippen molar-refractivity contribution < 1.29 is 13.2 Å². The largest absolute Gasteiger partial charge is 0.376 e. The summed E-state index contributed by atoms with van der Waals surface area (Å²) in [6.45, 7) is 7.97. The van der Waals surface area contributed by atoms with Crippen molar-refractivity contribution in [3.63, 3.8) is 0 Å². The number of nitrogens with zero attached hydrogens (tertiary/aromatic N) is 2. The highest BCUT2D eigenvalue weighted by molar-refractivity contribution is 7.88. The molecular formula is C14H25N3O3S2. The van der Waals surface area contributed by atoms with Crippen LogP contribution in [0.15, 0.2) is 5.38 Å². The molecule has 126 valence electrons. The van der Waals surface area contributed by atoms with Crippen LogP contribution in [0.5, 0.6) is 0 Å². The first-order chi connectivity index (χ1) is 10.3. The Bertz CT molecular complexity index is 572. The molecule has 1 fully saturated rings. The monoisotopic (exact) mass is 347 g/mol. The van der Waals surface area contributed by atoms with E-state index in [-0.39, 0.29) is 6.10 Å². The lowest BCUT2D eigenvalue weighted by Crippen LogP contribution is -2.43. The van der Waals surface area contributed by atoms with E-state index in [1.165, 1.54) is 6.26 Å². The number of rotatable bonds is 7. The summed E-state index contributed by atoms with van der Waals surface area (Å²) in [5.74, 6) is 0.463. The van der Waals surface area contributed by atoms with Crippen LogP contribution in [0.4, 0.5) is 0 Å². The topological polar surface area (TPSA) is 71.5 Å². The van der Waals surface area contributed by atoms with E-state index in [1.54, 1.807) is 11.3 Å². The average molecular weight is 348 g/mol. The van der Waals surface area contributed by atoms with E-state index in [0.29, 0.717) is 25.5 Å². The molecule has 2 heterocycles. The highest BCUT2D eigenvalue weighted by atomic mass is 32.2. The maximum absolute atomic E-state index is 11.1. The minimum Gasteiger partial charge on any atom is -0.376 e. The summed E-state index contributed by atoms with van der Waals surface area (Å²) in [4.78, 5) is 7.00. The van der Waals surface area contributed by atoms with E-state index >= 15 is 0 Å². The van der Waals surface area contributed by atoms with Crippen LogP contribution < -0.4 is 4.72 Å². The lowest BCUT2D eigenvalue weighted by atomic mass is 10.2. The minimum atomic E-state index is -3.12. The Morgan fingerprint density at radius 1 is 1.55 bits per heavy atom. The van der Waals surface area contributed by atoms with Gasteiger partial charge in [-0.2, -0.15) is 0 Å². The maximum atomic E-state index is 11.1. The molecule has 0 unspecified atom stereocenters. The third-order valence-corrected chi connectivity index (χ3v) is 5.15. The van der Waals surface area contributed by atoms with Gasteiger partial charge in [0.05, 0.1) is 31.2 Å². The van der Waals surface area contributed by atoms with Crippen LogP contribution in [0.3, 0.4) is 0 Å². The van der Waals surface area contributed by atoms with Gasteiger partial charge in [0, 0.05) is 25.0 Å². The van der Waals surface area contributed by atoms with Crippen molar-refractivity contribution in [2.45, 2.75) is 38.8 Å². The molecule has 1 atom stereocenters. The fourth-order valence-corrected chi connectivity index (χ4v) is 3.84. The van der Waals surface area contributed by atoms with E-state index in [0.717, 1.165) is 30.3 Å². The summed E-state index contributed by atoms with van der Waals surface area (Å²) in [7, 11) is -3.12. The molecule has 1 aliphatic rings. The molecule has 22 heavy (non-hydrogen) atoms. The first kappa shape index (κ1) is 17.8. The summed E-state index contributed by atoms with van der Waals surface area (Å²) < 4.78 is 30.4. The SMILES string of the molecule is CC(C)c1csc(CN2CCO[C@H](CCNS(C)(=O)=O)C2)n1. The highest BCUT2D eigenvalue weighted by Crippen LogP contribution is 2.20. The van der Waals surface area contributed by atoms with Gasteiger partial charge in [-0.15, -0.1) is 11.3 Å². The van der Waals surface area contributed by atoms with Gasteiger partial charge in [0.15, 0.2) is 0 Å². The number of hydrogen-bond donors (Lipinski definition) is 1. The van der Waals surface area contributed by atoms with E-state index in [1.807, 2.05) is 0 Å².